The van der Waals surface area contributed by atoms with E-state index in [-0.39, 0.29) is 23.2 Å². The van der Waals surface area contributed by atoms with Crippen LogP contribution in [0.1, 0.15) is 49.4 Å². The number of benzene rings is 1. The van der Waals surface area contributed by atoms with Crippen LogP contribution in [0.2, 0.25) is 5.02 Å². The van der Waals surface area contributed by atoms with Gasteiger partial charge in [-0.05, 0) is 31.9 Å². The average Bonchev–Trinajstić information content (AvgIpc) is 2.48. The Kier molecular flexibility index (Phi) is 5.17. The number of nitro benzene ring substituents is 1. The highest BCUT2D eigenvalue weighted by Gasteiger charge is 2.29. The third-order valence-corrected chi connectivity index (χ3v) is 4.24. The second-order valence-electron chi connectivity index (χ2n) is 5.30. The average molecular weight is 311 g/mol. The number of nitrogens with zero attached hydrogens (tertiary/aromatic N) is 2. The first-order chi connectivity index (χ1) is 10.0. The van der Waals surface area contributed by atoms with Crippen LogP contribution in [0.25, 0.3) is 0 Å². The molecule has 21 heavy (non-hydrogen) atoms. The molecule has 1 aromatic carbocycles. The van der Waals surface area contributed by atoms with E-state index in [1.807, 2.05) is 6.92 Å². The van der Waals surface area contributed by atoms with E-state index in [9.17, 15) is 14.9 Å². The van der Waals surface area contributed by atoms with Crippen LogP contribution >= 0.6 is 11.6 Å². The van der Waals surface area contributed by atoms with E-state index in [0.29, 0.717) is 11.6 Å². The minimum absolute atomic E-state index is 0.0833. The zero-order valence-electron chi connectivity index (χ0n) is 12.0. The number of nitro groups is 1. The van der Waals surface area contributed by atoms with Gasteiger partial charge in [0.1, 0.15) is 5.56 Å². The Balaban J connectivity index is 2.32. The zero-order valence-corrected chi connectivity index (χ0v) is 12.8. The van der Waals surface area contributed by atoms with Crippen molar-refractivity contribution in [2.24, 2.45) is 0 Å². The third kappa shape index (κ3) is 3.53. The molecule has 0 aromatic heterocycles. The Labute approximate surface area is 129 Å². The molecule has 0 atom stereocenters. The molecular weight excluding hydrogens is 292 g/mol. The third-order valence-electron chi connectivity index (χ3n) is 4.00. The van der Waals surface area contributed by atoms with Gasteiger partial charge in [0, 0.05) is 23.7 Å². The molecule has 114 valence electrons. The number of hydrogen-bond acceptors (Lipinski definition) is 3. The topological polar surface area (TPSA) is 63.5 Å². The van der Waals surface area contributed by atoms with Gasteiger partial charge in [-0.25, -0.2) is 0 Å². The highest BCUT2D eigenvalue weighted by atomic mass is 35.5. The van der Waals surface area contributed by atoms with Crippen LogP contribution in [0.5, 0.6) is 0 Å². The lowest BCUT2D eigenvalue weighted by molar-refractivity contribution is -0.385. The van der Waals surface area contributed by atoms with Crippen LogP contribution in [0.4, 0.5) is 5.69 Å². The van der Waals surface area contributed by atoms with E-state index in [1.165, 1.54) is 24.6 Å². The molecule has 0 radical (unpaired) electrons. The van der Waals surface area contributed by atoms with Gasteiger partial charge in [0.15, 0.2) is 0 Å². The summed E-state index contributed by atoms with van der Waals surface area (Å²) in [6, 6.07) is 4.31. The molecule has 1 aromatic rings. The summed E-state index contributed by atoms with van der Waals surface area (Å²) in [6.45, 7) is 2.45. The molecule has 6 heteroatoms. The molecule has 1 aliphatic rings. The van der Waals surface area contributed by atoms with Crippen molar-refractivity contribution < 1.29 is 9.72 Å². The van der Waals surface area contributed by atoms with Crippen LogP contribution in [-0.2, 0) is 0 Å². The van der Waals surface area contributed by atoms with E-state index in [1.54, 1.807) is 4.90 Å². The quantitative estimate of drug-likeness (QED) is 0.622. The number of halogens is 1. The van der Waals surface area contributed by atoms with Crippen molar-refractivity contribution in [1.82, 2.24) is 4.90 Å². The lowest BCUT2D eigenvalue weighted by Crippen LogP contribution is -2.41. The Hall–Kier alpha value is -1.62. The van der Waals surface area contributed by atoms with Crippen LogP contribution in [0.3, 0.4) is 0 Å². The van der Waals surface area contributed by atoms with Gasteiger partial charge < -0.3 is 4.90 Å². The minimum Gasteiger partial charge on any atom is -0.336 e. The van der Waals surface area contributed by atoms with E-state index in [2.05, 4.69) is 0 Å². The molecular formula is C15H19ClN2O3. The fourth-order valence-corrected chi connectivity index (χ4v) is 3.13. The maximum absolute atomic E-state index is 12.7. The summed E-state index contributed by atoms with van der Waals surface area (Å²) in [5.74, 6) is -0.293. The van der Waals surface area contributed by atoms with Gasteiger partial charge in [-0.3, -0.25) is 14.9 Å². The molecule has 5 nitrogen and oxygen atoms in total. The summed E-state index contributed by atoms with van der Waals surface area (Å²) < 4.78 is 0. The van der Waals surface area contributed by atoms with E-state index >= 15 is 0 Å². The number of carbonyl (C=O) groups excluding carboxylic acids is 1. The predicted molar refractivity (Wildman–Crippen MR) is 81.7 cm³/mol. The summed E-state index contributed by atoms with van der Waals surface area (Å²) in [6.07, 6.45) is 5.33. The molecule has 1 amide bonds. The van der Waals surface area contributed by atoms with Gasteiger partial charge in [-0.2, -0.15) is 0 Å². The van der Waals surface area contributed by atoms with Crippen molar-refractivity contribution in [1.29, 1.82) is 0 Å². The SMILES string of the molecule is CCN(C(=O)c1cc(Cl)ccc1[N+](=O)[O-])C1CCCCC1. The van der Waals surface area contributed by atoms with E-state index in [4.69, 9.17) is 11.6 Å². The highest BCUT2D eigenvalue weighted by molar-refractivity contribution is 6.31. The Morgan fingerprint density at radius 3 is 2.62 bits per heavy atom. The van der Waals surface area contributed by atoms with Crippen molar-refractivity contribution in [3.8, 4) is 0 Å². The second kappa shape index (κ2) is 6.89. The summed E-state index contributed by atoms with van der Waals surface area (Å²) in [4.78, 5) is 25.1. The summed E-state index contributed by atoms with van der Waals surface area (Å²) in [7, 11) is 0. The molecule has 2 rings (SSSR count). The maximum Gasteiger partial charge on any atom is 0.282 e. The van der Waals surface area contributed by atoms with Crippen molar-refractivity contribution in [2.75, 3.05) is 6.54 Å². The van der Waals surface area contributed by atoms with E-state index in [0.717, 1.165) is 25.7 Å². The summed E-state index contributed by atoms with van der Waals surface area (Å²) in [5.41, 5.74) is -0.0985. The Bertz CT molecular complexity index is 542. The molecule has 1 saturated carbocycles. The predicted octanol–water partition coefficient (Wildman–Crippen LogP) is 4.04. The monoisotopic (exact) mass is 310 g/mol. The number of amides is 1. The Morgan fingerprint density at radius 1 is 1.38 bits per heavy atom. The maximum atomic E-state index is 12.7. The van der Waals surface area contributed by atoms with Gasteiger partial charge >= 0.3 is 0 Å². The standard InChI is InChI=1S/C15H19ClN2O3/c1-2-17(12-6-4-3-5-7-12)15(19)13-10-11(16)8-9-14(13)18(20)21/h8-10,12H,2-7H2,1H3. The van der Waals surface area contributed by atoms with Gasteiger partial charge in [0.2, 0.25) is 0 Å². The lowest BCUT2D eigenvalue weighted by atomic mass is 9.93. The van der Waals surface area contributed by atoms with Gasteiger partial charge in [-0.1, -0.05) is 30.9 Å². The molecule has 0 aliphatic heterocycles. The molecule has 0 unspecified atom stereocenters. The first-order valence-electron chi connectivity index (χ1n) is 7.29. The molecule has 0 saturated heterocycles. The van der Waals surface area contributed by atoms with Crippen LogP contribution in [-0.4, -0.2) is 28.3 Å². The molecule has 1 fully saturated rings. The second-order valence-corrected chi connectivity index (χ2v) is 5.74. The number of hydrogen-bond donors (Lipinski definition) is 0. The van der Waals surface area contributed by atoms with Crippen molar-refractivity contribution in [3.63, 3.8) is 0 Å². The van der Waals surface area contributed by atoms with Crippen molar-refractivity contribution >= 4 is 23.2 Å². The molecule has 0 heterocycles. The van der Waals surface area contributed by atoms with Gasteiger partial charge in [-0.15, -0.1) is 0 Å². The van der Waals surface area contributed by atoms with Crippen LogP contribution in [0.15, 0.2) is 18.2 Å². The number of carbonyl (C=O) groups is 1. The molecule has 0 N–H and O–H groups in total. The highest BCUT2D eigenvalue weighted by Crippen LogP contribution is 2.28. The van der Waals surface area contributed by atoms with Crippen LogP contribution < -0.4 is 0 Å². The first-order valence-corrected chi connectivity index (χ1v) is 7.67. The Morgan fingerprint density at radius 2 is 2.05 bits per heavy atom. The number of rotatable bonds is 4. The molecule has 0 spiro atoms. The fraction of sp³-hybridized carbons (Fsp3) is 0.533. The largest absolute Gasteiger partial charge is 0.336 e. The summed E-state index contributed by atoms with van der Waals surface area (Å²) in [5, 5.41) is 11.5. The van der Waals surface area contributed by atoms with Crippen LogP contribution in [0, 0.1) is 10.1 Å². The summed E-state index contributed by atoms with van der Waals surface area (Å²) >= 11 is 5.91. The minimum atomic E-state index is -0.529. The lowest BCUT2D eigenvalue weighted by Gasteiger charge is -2.33. The van der Waals surface area contributed by atoms with Crippen molar-refractivity contribution in [2.45, 2.75) is 45.1 Å². The molecule has 1 aliphatic carbocycles. The van der Waals surface area contributed by atoms with Gasteiger partial charge in [0.25, 0.3) is 11.6 Å². The smallest absolute Gasteiger partial charge is 0.282 e. The first kappa shape index (κ1) is 15.8. The molecule has 0 bridgehead atoms. The normalized spacial score (nSPS) is 15.7. The van der Waals surface area contributed by atoms with Crippen molar-refractivity contribution in [3.05, 3.63) is 38.9 Å². The van der Waals surface area contributed by atoms with Gasteiger partial charge in [0.05, 0.1) is 4.92 Å². The van der Waals surface area contributed by atoms with E-state index < -0.39 is 4.92 Å². The zero-order chi connectivity index (χ0) is 15.4. The fourth-order valence-electron chi connectivity index (χ4n) is 2.95.